The molecular formula is C12H15ClN2O3. The second-order valence-electron chi connectivity index (χ2n) is 3.54. The van der Waals surface area contributed by atoms with Crippen molar-refractivity contribution in [2.45, 2.75) is 13.3 Å². The number of esters is 1. The van der Waals surface area contributed by atoms with Crippen molar-refractivity contribution in [1.29, 1.82) is 0 Å². The predicted molar refractivity (Wildman–Crippen MR) is 69.4 cm³/mol. The molecule has 0 radical (unpaired) electrons. The Labute approximate surface area is 110 Å². The van der Waals surface area contributed by atoms with Crippen molar-refractivity contribution >= 4 is 29.2 Å². The van der Waals surface area contributed by atoms with E-state index in [0.29, 0.717) is 11.6 Å². The van der Waals surface area contributed by atoms with E-state index in [1.807, 2.05) is 6.92 Å². The number of nitrogens with two attached hydrogens (primary N) is 1. The van der Waals surface area contributed by atoms with Crippen LogP contribution in [0.4, 0.5) is 5.69 Å². The Hall–Kier alpha value is -1.75. The number of halogens is 1. The van der Waals surface area contributed by atoms with Gasteiger partial charge in [0.25, 0.3) is 0 Å². The smallest absolute Gasteiger partial charge is 0.340 e. The van der Waals surface area contributed by atoms with E-state index in [9.17, 15) is 9.59 Å². The van der Waals surface area contributed by atoms with Crippen LogP contribution in [0.15, 0.2) is 18.2 Å². The van der Waals surface area contributed by atoms with E-state index in [0.717, 1.165) is 0 Å². The summed E-state index contributed by atoms with van der Waals surface area (Å²) in [4.78, 5) is 22.8. The minimum absolute atomic E-state index is 0.0105. The molecule has 0 aliphatic heterocycles. The quantitative estimate of drug-likeness (QED) is 0.629. The fraction of sp³-hybridized carbons (Fsp3) is 0.333. The Bertz CT molecular complexity index is 449. The van der Waals surface area contributed by atoms with Crippen LogP contribution in [0.2, 0.25) is 5.02 Å². The maximum absolute atomic E-state index is 11.7. The molecule has 18 heavy (non-hydrogen) atoms. The van der Waals surface area contributed by atoms with E-state index in [1.54, 1.807) is 12.1 Å². The summed E-state index contributed by atoms with van der Waals surface area (Å²) in [6, 6.07) is 4.72. The lowest BCUT2D eigenvalue weighted by atomic mass is 10.2. The first-order chi connectivity index (χ1) is 8.56. The third-order valence-electron chi connectivity index (χ3n) is 2.21. The number of nitrogens with one attached hydrogen (secondary N) is 1. The number of hydrogen-bond donors (Lipinski definition) is 2. The molecule has 1 amide bonds. The fourth-order valence-electron chi connectivity index (χ4n) is 1.31. The van der Waals surface area contributed by atoms with Crippen molar-refractivity contribution in [1.82, 2.24) is 5.32 Å². The van der Waals surface area contributed by atoms with E-state index in [2.05, 4.69) is 5.32 Å². The van der Waals surface area contributed by atoms with Crippen molar-refractivity contribution < 1.29 is 14.3 Å². The first kappa shape index (κ1) is 14.3. The summed E-state index contributed by atoms with van der Waals surface area (Å²) in [5, 5.41) is 2.90. The molecule has 1 rings (SSSR count). The SMILES string of the molecule is CCNC(=O)CCOC(=O)c1cccc(Cl)c1N. The average molecular weight is 271 g/mol. The number of benzene rings is 1. The van der Waals surface area contributed by atoms with Gasteiger partial charge in [-0.05, 0) is 19.1 Å². The number of rotatable bonds is 5. The van der Waals surface area contributed by atoms with Gasteiger partial charge in [0.2, 0.25) is 5.91 Å². The Balaban J connectivity index is 2.51. The Morgan fingerprint density at radius 2 is 2.17 bits per heavy atom. The number of ether oxygens (including phenoxy) is 1. The van der Waals surface area contributed by atoms with Gasteiger partial charge in [0.15, 0.2) is 0 Å². The molecule has 0 fully saturated rings. The van der Waals surface area contributed by atoms with Crippen LogP contribution in [0.25, 0.3) is 0 Å². The highest BCUT2D eigenvalue weighted by atomic mass is 35.5. The highest BCUT2D eigenvalue weighted by Gasteiger charge is 2.13. The number of para-hydroxylation sites is 1. The van der Waals surface area contributed by atoms with Gasteiger partial charge in [-0.1, -0.05) is 17.7 Å². The molecule has 1 aromatic rings. The van der Waals surface area contributed by atoms with Gasteiger partial charge in [0.1, 0.15) is 6.61 Å². The average Bonchev–Trinajstić information content (AvgIpc) is 2.33. The van der Waals surface area contributed by atoms with Crippen LogP contribution in [0.1, 0.15) is 23.7 Å². The second-order valence-corrected chi connectivity index (χ2v) is 3.95. The largest absolute Gasteiger partial charge is 0.461 e. The van der Waals surface area contributed by atoms with Gasteiger partial charge in [-0.2, -0.15) is 0 Å². The van der Waals surface area contributed by atoms with Crippen molar-refractivity contribution in [2.24, 2.45) is 0 Å². The van der Waals surface area contributed by atoms with Crippen LogP contribution in [0.5, 0.6) is 0 Å². The van der Waals surface area contributed by atoms with Crippen molar-refractivity contribution in [3.05, 3.63) is 28.8 Å². The Morgan fingerprint density at radius 3 is 2.83 bits per heavy atom. The molecule has 0 aromatic heterocycles. The topological polar surface area (TPSA) is 81.4 Å². The number of anilines is 1. The molecule has 0 aliphatic carbocycles. The van der Waals surface area contributed by atoms with E-state index in [-0.39, 0.29) is 30.2 Å². The van der Waals surface area contributed by atoms with Crippen LogP contribution in [-0.4, -0.2) is 25.0 Å². The first-order valence-corrected chi connectivity index (χ1v) is 5.91. The third kappa shape index (κ3) is 3.92. The van der Waals surface area contributed by atoms with Gasteiger partial charge in [-0.3, -0.25) is 4.79 Å². The van der Waals surface area contributed by atoms with E-state index < -0.39 is 5.97 Å². The molecule has 0 saturated heterocycles. The lowest BCUT2D eigenvalue weighted by Gasteiger charge is -2.07. The third-order valence-corrected chi connectivity index (χ3v) is 2.54. The summed E-state index contributed by atoms with van der Waals surface area (Å²) in [6.07, 6.45) is 0.125. The van der Waals surface area contributed by atoms with Gasteiger partial charge < -0.3 is 15.8 Å². The minimum Gasteiger partial charge on any atom is -0.461 e. The first-order valence-electron chi connectivity index (χ1n) is 5.54. The summed E-state index contributed by atoms with van der Waals surface area (Å²) < 4.78 is 4.94. The highest BCUT2D eigenvalue weighted by molar-refractivity contribution is 6.33. The van der Waals surface area contributed by atoms with Crippen LogP contribution < -0.4 is 11.1 Å². The number of carbonyl (C=O) groups is 2. The van der Waals surface area contributed by atoms with Gasteiger partial charge in [-0.15, -0.1) is 0 Å². The maximum atomic E-state index is 11.7. The van der Waals surface area contributed by atoms with Crippen molar-refractivity contribution in [2.75, 3.05) is 18.9 Å². The van der Waals surface area contributed by atoms with Crippen LogP contribution >= 0.6 is 11.6 Å². The molecule has 0 spiro atoms. The van der Waals surface area contributed by atoms with E-state index >= 15 is 0 Å². The summed E-state index contributed by atoms with van der Waals surface area (Å²) in [7, 11) is 0. The van der Waals surface area contributed by atoms with Crippen molar-refractivity contribution in [3.63, 3.8) is 0 Å². The molecule has 0 saturated carbocycles. The zero-order valence-corrected chi connectivity index (χ0v) is 10.8. The lowest BCUT2D eigenvalue weighted by molar-refractivity contribution is -0.121. The zero-order chi connectivity index (χ0) is 13.5. The highest BCUT2D eigenvalue weighted by Crippen LogP contribution is 2.22. The fourth-order valence-corrected chi connectivity index (χ4v) is 1.49. The number of nitrogen functional groups attached to an aromatic ring is 1. The maximum Gasteiger partial charge on any atom is 0.340 e. The number of hydrogen-bond acceptors (Lipinski definition) is 4. The summed E-state index contributed by atoms with van der Waals surface area (Å²) in [6.45, 7) is 2.38. The second kappa shape index (κ2) is 6.86. The van der Waals surface area contributed by atoms with Crippen LogP contribution in [0, 0.1) is 0 Å². The standard InChI is InChI=1S/C12H15ClN2O3/c1-2-15-10(16)6-7-18-12(17)8-4-3-5-9(13)11(8)14/h3-5H,2,6-7,14H2,1H3,(H,15,16). The molecule has 1 aromatic carbocycles. The molecule has 0 heterocycles. The number of carbonyl (C=O) groups excluding carboxylic acids is 2. The molecule has 0 atom stereocenters. The molecule has 5 nitrogen and oxygen atoms in total. The van der Waals surface area contributed by atoms with E-state index in [1.165, 1.54) is 6.07 Å². The molecule has 0 aliphatic rings. The molecule has 6 heteroatoms. The van der Waals surface area contributed by atoms with E-state index in [4.69, 9.17) is 22.1 Å². The Morgan fingerprint density at radius 1 is 1.44 bits per heavy atom. The summed E-state index contributed by atoms with van der Waals surface area (Å²) in [5.74, 6) is -0.747. The summed E-state index contributed by atoms with van der Waals surface area (Å²) in [5.41, 5.74) is 6.04. The molecule has 98 valence electrons. The van der Waals surface area contributed by atoms with Crippen LogP contribution in [0.3, 0.4) is 0 Å². The van der Waals surface area contributed by atoms with Crippen LogP contribution in [-0.2, 0) is 9.53 Å². The number of amides is 1. The molecule has 0 bridgehead atoms. The normalized spacial score (nSPS) is 9.89. The van der Waals surface area contributed by atoms with Gasteiger partial charge in [0, 0.05) is 6.54 Å². The van der Waals surface area contributed by atoms with Gasteiger partial charge >= 0.3 is 5.97 Å². The summed E-state index contributed by atoms with van der Waals surface area (Å²) >= 11 is 5.79. The predicted octanol–water partition coefficient (Wildman–Crippen LogP) is 1.61. The Kier molecular flexibility index (Phi) is 5.45. The van der Waals surface area contributed by atoms with Crippen molar-refractivity contribution in [3.8, 4) is 0 Å². The van der Waals surface area contributed by atoms with Gasteiger partial charge in [-0.25, -0.2) is 4.79 Å². The molecule has 0 unspecified atom stereocenters. The minimum atomic E-state index is -0.584. The monoisotopic (exact) mass is 270 g/mol. The lowest BCUT2D eigenvalue weighted by Crippen LogP contribution is -2.24. The van der Waals surface area contributed by atoms with Gasteiger partial charge in [0.05, 0.1) is 22.7 Å². The molecular weight excluding hydrogens is 256 g/mol. The zero-order valence-electron chi connectivity index (χ0n) is 10.0. The molecule has 3 N–H and O–H groups in total.